The molecule has 19 heavy (non-hydrogen) atoms. The highest BCUT2D eigenvalue weighted by Crippen LogP contribution is 2.21. The number of aromatic nitrogens is 1. The molecule has 0 radical (unpaired) electrons. The van der Waals surface area contributed by atoms with Crippen molar-refractivity contribution >= 4 is 0 Å². The summed E-state index contributed by atoms with van der Waals surface area (Å²) in [6, 6.07) is 12.5. The van der Waals surface area contributed by atoms with Crippen LogP contribution in [0.5, 0.6) is 5.75 Å². The third-order valence-electron chi connectivity index (χ3n) is 2.95. The second kappa shape index (κ2) is 5.71. The van der Waals surface area contributed by atoms with E-state index in [1.165, 1.54) is 6.07 Å². The number of rotatable bonds is 4. The van der Waals surface area contributed by atoms with Gasteiger partial charge in [0, 0.05) is 25.2 Å². The van der Waals surface area contributed by atoms with Crippen LogP contribution in [0.3, 0.4) is 0 Å². The van der Waals surface area contributed by atoms with Gasteiger partial charge in [-0.25, -0.2) is 0 Å². The van der Waals surface area contributed by atoms with E-state index in [-0.39, 0.29) is 11.3 Å². The van der Waals surface area contributed by atoms with Crippen LogP contribution in [0, 0.1) is 0 Å². The van der Waals surface area contributed by atoms with Crippen molar-refractivity contribution in [1.29, 1.82) is 0 Å². The summed E-state index contributed by atoms with van der Waals surface area (Å²) in [7, 11) is 3.93. The van der Waals surface area contributed by atoms with E-state index in [4.69, 9.17) is 0 Å². The summed E-state index contributed by atoms with van der Waals surface area (Å²) < 4.78 is 1.69. The fraction of sp³-hybridized carbons (Fsp3) is 0.267. The molecule has 0 aliphatic rings. The van der Waals surface area contributed by atoms with Gasteiger partial charge in [-0.1, -0.05) is 30.3 Å². The van der Waals surface area contributed by atoms with Crippen molar-refractivity contribution in [3.05, 3.63) is 52.8 Å². The maximum atomic E-state index is 12.0. The summed E-state index contributed by atoms with van der Waals surface area (Å²) >= 11 is 0. The smallest absolute Gasteiger partial charge is 0.254 e. The minimum absolute atomic E-state index is 0.00459. The average molecular weight is 258 g/mol. The Morgan fingerprint density at radius 3 is 2.47 bits per heavy atom. The molecule has 0 atom stereocenters. The number of pyridine rings is 1. The van der Waals surface area contributed by atoms with Crippen LogP contribution in [0.2, 0.25) is 0 Å². The molecule has 0 amide bonds. The second-order valence-electron chi connectivity index (χ2n) is 4.76. The molecule has 1 aromatic carbocycles. The molecular formula is C15H18N2O2. The summed E-state index contributed by atoms with van der Waals surface area (Å²) in [5.41, 5.74) is 1.49. The van der Waals surface area contributed by atoms with Crippen LogP contribution in [0.25, 0.3) is 11.3 Å². The molecule has 0 spiro atoms. The summed E-state index contributed by atoms with van der Waals surface area (Å²) in [5, 5.41) is 9.63. The van der Waals surface area contributed by atoms with Gasteiger partial charge in [-0.05, 0) is 19.7 Å². The zero-order chi connectivity index (χ0) is 13.8. The van der Waals surface area contributed by atoms with Crippen molar-refractivity contribution in [2.24, 2.45) is 0 Å². The van der Waals surface area contributed by atoms with E-state index in [0.29, 0.717) is 6.54 Å². The molecule has 1 N–H and O–H groups in total. The SMILES string of the molecule is CN(C)CCn1c(-c2ccccc2)cc(O)cc1=O. The molecule has 0 saturated heterocycles. The highest BCUT2D eigenvalue weighted by atomic mass is 16.3. The Morgan fingerprint density at radius 2 is 1.84 bits per heavy atom. The van der Waals surface area contributed by atoms with Crippen molar-refractivity contribution in [2.45, 2.75) is 6.54 Å². The lowest BCUT2D eigenvalue weighted by Crippen LogP contribution is -2.27. The monoisotopic (exact) mass is 258 g/mol. The van der Waals surface area contributed by atoms with Crippen LogP contribution in [-0.2, 0) is 6.54 Å². The number of hydrogen-bond acceptors (Lipinski definition) is 3. The number of nitrogens with zero attached hydrogens (tertiary/aromatic N) is 2. The minimum Gasteiger partial charge on any atom is -0.508 e. The zero-order valence-corrected chi connectivity index (χ0v) is 11.2. The first-order chi connectivity index (χ1) is 9.08. The molecule has 4 nitrogen and oxygen atoms in total. The first-order valence-corrected chi connectivity index (χ1v) is 6.22. The van der Waals surface area contributed by atoms with E-state index in [1.54, 1.807) is 10.6 Å². The molecule has 0 fully saturated rings. The number of likely N-dealkylation sites (N-methyl/N-ethyl adjacent to an activating group) is 1. The molecule has 1 heterocycles. The maximum Gasteiger partial charge on any atom is 0.254 e. The van der Waals surface area contributed by atoms with Crippen LogP contribution >= 0.6 is 0 Å². The first-order valence-electron chi connectivity index (χ1n) is 6.22. The van der Waals surface area contributed by atoms with Gasteiger partial charge < -0.3 is 14.6 Å². The van der Waals surface area contributed by atoms with Crippen molar-refractivity contribution in [3.63, 3.8) is 0 Å². The minimum atomic E-state index is -0.180. The predicted octanol–water partition coefficient (Wildman–Crippen LogP) is 1.78. The lowest BCUT2D eigenvalue weighted by atomic mass is 10.1. The third-order valence-corrected chi connectivity index (χ3v) is 2.95. The molecule has 1 aromatic heterocycles. The average Bonchev–Trinajstić information content (AvgIpc) is 2.37. The van der Waals surface area contributed by atoms with Gasteiger partial charge in [-0.3, -0.25) is 4.79 Å². The van der Waals surface area contributed by atoms with Gasteiger partial charge in [0.1, 0.15) is 5.75 Å². The molecule has 100 valence electrons. The van der Waals surface area contributed by atoms with E-state index in [1.807, 2.05) is 49.3 Å². The van der Waals surface area contributed by atoms with E-state index >= 15 is 0 Å². The molecule has 2 rings (SSSR count). The van der Waals surface area contributed by atoms with Crippen LogP contribution in [0.15, 0.2) is 47.3 Å². The van der Waals surface area contributed by atoms with Gasteiger partial charge in [-0.15, -0.1) is 0 Å². The van der Waals surface area contributed by atoms with Gasteiger partial charge in [0.2, 0.25) is 0 Å². The molecule has 0 unspecified atom stereocenters. The summed E-state index contributed by atoms with van der Waals surface area (Å²) in [6.45, 7) is 1.36. The normalized spacial score (nSPS) is 10.9. The molecule has 0 aliphatic carbocycles. The van der Waals surface area contributed by atoms with Crippen molar-refractivity contribution in [3.8, 4) is 17.0 Å². The Morgan fingerprint density at radius 1 is 1.16 bits per heavy atom. The number of hydrogen-bond donors (Lipinski definition) is 1. The second-order valence-corrected chi connectivity index (χ2v) is 4.76. The van der Waals surface area contributed by atoms with E-state index in [0.717, 1.165) is 17.8 Å². The molecule has 2 aromatic rings. The molecular weight excluding hydrogens is 240 g/mol. The largest absolute Gasteiger partial charge is 0.508 e. The highest BCUT2D eigenvalue weighted by Gasteiger charge is 2.08. The third kappa shape index (κ3) is 3.23. The number of aromatic hydroxyl groups is 1. The highest BCUT2D eigenvalue weighted by molar-refractivity contribution is 5.61. The Balaban J connectivity index is 2.49. The molecule has 0 aliphatic heterocycles. The fourth-order valence-electron chi connectivity index (χ4n) is 1.96. The van der Waals surface area contributed by atoms with E-state index in [9.17, 15) is 9.90 Å². The van der Waals surface area contributed by atoms with E-state index < -0.39 is 0 Å². The maximum absolute atomic E-state index is 12.0. The lowest BCUT2D eigenvalue weighted by molar-refractivity contribution is 0.381. The predicted molar refractivity (Wildman–Crippen MR) is 76.4 cm³/mol. The van der Waals surface area contributed by atoms with Gasteiger partial charge >= 0.3 is 0 Å². The topological polar surface area (TPSA) is 45.5 Å². The van der Waals surface area contributed by atoms with Crippen LogP contribution in [0.1, 0.15) is 0 Å². The standard InChI is InChI=1S/C15H18N2O2/c1-16(2)8-9-17-14(10-13(18)11-15(17)19)12-6-4-3-5-7-12/h3-7,10-11,18H,8-9H2,1-2H3. The molecule has 0 bridgehead atoms. The quantitative estimate of drug-likeness (QED) is 0.909. The van der Waals surface area contributed by atoms with Gasteiger partial charge in [0.15, 0.2) is 0 Å². The van der Waals surface area contributed by atoms with Crippen LogP contribution in [-0.4, -0.2) is 35.2 Å². The first kappa shape index (κ1) is 13.4. The zero-order valence-electron chi connectivity index (χ0n) is 11.2. The Hall–Kier alpha value is -2.07. The van der Waals surface area contributed by atoms with Crippen molar-refractivity contribution in [2.75, 3.05) is 20.6 Å². The van der Waals surface area contributed by atoms with Gasteiger partial charge in [-0.2, -0.15) is 0 Å². The van der Waals surface area contributed by atoms with Crippen molar-refractivity contribution in [1.82, 2.24) is 9.47 Å². The molecule has 4 heteroatoms. The Kier molecular flexibility index (Phi) is 4.02. The summed E-state index contributed by atoms with van der Waals surface area (Å²) in [5.74, 6) is 0.00459. The summed E-state index contributed by atoms with van der Waals surface area (Å²) in [6.07, 6.45) is 0. The van der Waals surface area contributed by atoms with Crippen molar-refractivity contribution < 1.29 is 5.11 Å². The summed E-state index contributed by atoms with van der Waals surface area (Å²) in [4.78, 5) is 14.1. The van der Waals surface area contributed by atoms with Crippen LogP contribution < -0.4 is 5.56 Å². The Bertz CT molecular complexity index is 603. The van der Waals surface area contributed by atoms with Gasteiger partial charge in [0.05, 0.1) is 5.69 Å². The number of benzene rings is 1. The fourth-order valence-corrected chi connectivity index (χ4v) is 1.96. The molecule has 0 saturated carbocycles. The lowest BCUT2D eigenvalue weighted by Gasteiger charge is -2.16. The van der Waals surface area contributed by atoms with Crippen LogP contribution in [0.4, 0.5) is 0 Å². The van der Waals surface area contributed by atoms with E-state index in [2.05, 4.69) is 0 Å². The van der Waals surface area contributed by atoms with Gasteiger partial charge in [0.25, 0.3) is 5.56 Å². The Labute approximate surface area is 112 Å².